The van der Waals surface area contributed by atoms with Crippen molar-refractivity contribution in [3.63, 3.8) is 0 Å². The maximum absolute atomic E-state index is 12.1. The summed E-state index contributed by atoms with van der Waals surface area (Å²) in [6, 6.07) is 5.07. The highest BCUT2D eigenvalue weighted by Crippen LogP contribution is 2.26. The summed E-state index contributed by atoms with van der Waals surface area (Å²) in [6.07, 6.45) is 3.79. The molecular weight excluding hydrogens is 300 g/mol. The number of rotatable bonds is 5. The lowest BCUT2D eigenvalue weighted by Crippen LogP contribution is -2.34. The van der Waals surface area contributed by atoms with E-state index in [9.17, 15) is 14.4 Å². The molecule has 2 rings (SSSR count). The van der Waals surface area contributed by atoms with E-state index in [1.165, 1.54) is 33.3 Å². The molecule has 0 aliphatic carbocycles. The van der Waals surface area contributed by atoms with Crippen LogP contribution < -0.4 is 9.47 Å². The van der Waals surface area contributed by atoms with Crippen molar-refractivity contribution in [2.45, 2.75) is 6.92 Å². The van der Waals surface area contributed by atoms with Gasteiger partial charge in [-0.15, -0.1) is 0 Å². The number of methoxy groups -OCH3 is 2. The molecule has 0 radical (unpaired) electrons. The molecule has 1 aromatic carbocycles. The zero-order valence-corrected chi connectivity index (χ0v) is 13.0. The molecule has 1 aromatic rings. The van der Waals surface area contributed by atoms with Crippen LogP contribution in [0.4, 0.5) is 0 Å². The minimum atomic E-state index is -1.45. The van der Waals surface area contributed by atoms with Crippen LogP contribution >= 0.6 is 0 Å². The number of esters is 1. The van der Waals surface area contributed by atoms with E-state index in [4.69, 9.17) is 14.2 Å². The quantitative estimate of drug-likeness (QED) is 0.469. The molecule has 1 aliphatic rings. The van der Waals surface area contributed by atoms with Crippen LogP contribution in [0.1, 0.15) is 12.5 Å². The summed E-state index contributed by atoms with van der Waals surface area (Å²) in [5, 5.41) is 0. The number of carbonyl (C=O) groups excluding carboxylic acids is 3. The maximum atomic E-state index is 12.1. The van der Waals surface area contributed by atoms with Crippen molar-refractivity contribution in [1.82, 2.24) is 0 Å². The van der Waals surface area contributed by atoms with Crippen molar-refractivity contribution >= 4 is 23.6 Å². The second-order valence-corrected chi connectivity index (χ2v) is 4.86. The Labute approximate surface area is 133 Å². The lowest BCUT2D eigenvalue weighted by molar-refractivity contribution is -0.151. The fraction of sp³-hybridized carbons (Fsp3) is 0.235. The summed E-state index contributed by atoms with van der Waals surface area (Å²) >= 11 is 0. The molecule has 0 bridgehead atoms. The van der Waals surface area contributed by atoms with E-state index in [0.717, 1.165) is 6.08 Å². The van der Waals surface area contributed by atoms with E-state index in [-0.39, 0.29) is 5.76 Å². The zero-order chi connectivity index (χ0) is 17.0. The van der Waals surface area contributed by atoms with Gasteiger partial charge in [0.25, 0.3) is 0 Å². The van der Waals surface area contributed by atoms with Crippen molar-refractivity contribution in [1.29, 1.82) is 0 Å². The normalized spacial score (nSPS) is 17.7. The SMILES string of the molecule is COc1ccc(C=CC(=O)C2C(=O)C=C(C)OC2=O)c(OC)c1. The Morgan fingerprint density at radius 3 is 2.57 bits per heavy atom. The number of hydrogen-bond donors (Lipinski definition) is 0. The van der Waals surface area contributed by atoms with Gasteiger partial charge in [-0.2, -0.15) is 0 Å². The first kappa shape index (κ1) is 16.5. The molecule has 6 nitrogen and oxygen atoms in total. The molecule has 1 atom stereocenters. The van der Waals surface area contributed by atoms with Crippen LogP contribution in [-0.4, -0.2) is 31.8 Å². The van der Waals surface area contributed by atoms with Crippen LogP contribution in [0.5, 0.6) is 11.5 Å². The third-order valence-corrected chi connectivity index (χ3v) is 3.28. The van der Waals surface area contributed by atoms with Gasteiger partial charge in [0.05, 0.1) is 14.2 Å². The first-order valence-electron chi connectivity index (χ1n) is 6.84. The number of ether oxygens (including phenoxy) is 3. The van der Waals surface area contributed by atoms with Crippen molar-refractivity contribution < 1.29 is 28.6 Å². The lowest BCUT2D eigenvalue weighted by atomic mass is 9.96. The first-order chi connectivity index (χ1) is 11.0. The molecule has 6 heteroatoms. The van der Waals surface area contributed by atoms with Gasteiger partial charge in [0, 0.05) is 17.7 Å². The van der Waals surface area contributed by atoms with Gasteiger partial charge in [0.1, 0.15) is 17.3 Å². The monoisotopic (exact) mass is 316 g/mol. The molecule has 0 saturated carbocycles. The summed E-state index contributed by atoms with van der Waals surface area (Å²) in [6.45, 7) is 1.48. The van der Waals surface area contributed by atoms with Gasteiger partial charge in [-0.05, 0) is 31.2 Å². The van der Waals surface area contributed by atoms with E-state index in [1.807, 2.05) is 0 Å². The van der Waals surface area contributed by atoms with Crippen LogP contribution in [-0.2, 0) is 19.1 Å². The summed E-state index contributed by atoms with van der Waals surface area (Å²) in [4.78, 5) is 35.6. The van der Waals surface area contributed by atoms with Crippen molar-refractivity contribution in [3.05, 3.63) is 41.7 Å². The molecule has 1 heterocycles. The summed E-state index contributed by atoms with van der Waals surface area (Å²) in [5.41, 5.74) is 0.616. The topological polar surface area (TPSA) is 78.9 Å². The summed E-state index contributed by atoms with van der Waals surface area (Å²) in [5.74, 6) is -2.22. The lowest BCUT2D eigenvalue weighted by Gasteiger charge is -2.15. The van der Waals surface area contributed by atoms with Gasteiger partial charge in [0.15, 0.2) is 17.5 Å². The predicted molar refractivity (Wildman–Crippen MR) is 81.9 cm³/mol. The molecule has 0 N–H and O–H groups in total. The Bertz CT molecular complexity index is 714. The van der Waals surface area contributed by atoms with E-state index >= 15 is 0 Å². The number of allylic oxidation sites excluding steroid dienone is 3. The highest BCUT2D eigenvalue weighted by atomic mass is 16.5. The second kappa shape index (κ2) is 6.91. The number of cyclic esters (lactones) is 1. The number of ketones is 2. The fourth-order valence-corrected chi connectivity index (χ4v) is 2.13. The highest BCUT2D eigenvalue weighted by molar-refractivity contribution is 6.25. The average molecular weight is 316 g/mol. The van der Waals surface area contributed by atoms with Crippen LogP contribution in [0.25, 0.3) is 6.08 Å². The minimum absolute atomic E-state index is 0.185. The summed E-state index contributed by atoms with van der Waals surface area (Å²) < 4.78 is 15.1. The van der Waals surface area contributed by atoms with E-state index in [0.29, 0.717) is 17.1 Å². The van der Waals surface area contributed by atoms with Crippen LogP contribution in [0, 0.1) is 5.92 Å². The van der Waals surface area contributed by atoms with Crippen molar-refractivity contribution in [2.24, 2.45) is 5.92 Å². The van der Waals surface area contributed by atoms with E-state index in [2.05, 4.69) is 0 Å². The standard InChI is InChI=1S/C17H16O6/c1-10-8-14(19)16(17(20)23-10)13(18)7-5-11-4-6-12(21-2)9-15(11)22-3/h4-9,16H,1-3H3. The molecular formula is C17H16O6. The highest BCUT2D eigenvalue weighted by Gasteiger charge is 2.36. The molecule has 0 amide bonds. The summed E-state index contributed by atoms with van der Waals surface area (Å²) in [7, 11) is 3.02. The largest absolute Gasteiger partial charge is 0.497 e. The van der Waals surface area contributed by atoms with Gasteiger partial charge >= 0.3 is 5.97 Å². The van der Waals surface area contributed by atoms with Gasteiger partial charge in [-0.3, -0.25) is 14.4 Å². The third-order valence-electron chi connectivity index (χ3n) is 3.28. The number of benzene rings is 1. The van der Waals surface area contributed by atoms with Gasteiger partial charge in [-0.25, -0.2) is 0 Å². The van der Waals surface area contributed by atoms with E-state index in [1.54, 1.807) is 18.2 Å². The van der Waals surface area contributed by atoms with Gasteiger partial charge in [0.2, 0.25) is 0 Å². The van der Waals surface area contributed by atoms with Crippen molar-refractivity contribution in [2.75, 3.05) is 14.2 Å². The maximum Gasteiger partial charge on any atom is 0.329 e. The Morgan fingerprint density at radius 1 is 1.22 bits per heavy atom. The number of hydrogen-bond acceptors (Lipinski definition) is 6. The first-order valence-corrected chi connectivity index (χ1v) is 6.84. The predicted octanol–water partition coefficient (Wildman–Crippen LogP) is 1.93. The Balaban J connectivity index is 2.22. The van der Waals surface area contributed by atoms with Crippen LogP contribution in [0.3, 0.4) is 0 Å². The molecule has 1 unspecified atom stereocenters. The number of carbonyl (C=O) groups is 3. The molecule has 1 aliphatic heterocycles. The molecule has 23 heavy (non-hydrogen) atoms. The molecule has 0 fully saturated rings. The van der Waals surface area contributed by atoms with Crippen LogP contribution in [0.2, 0.25) is 0 Å². The fourth-order valence-electron chi connectivity index (χ4n) is 2.13. The Morgan fingerprint density at radius 2 is 1.96 bits per heavy atom. The van der Waals surface area contributed by atoms with E-state index < -0.39 is 23.5 Å². The third kappa shape index (κ3) is 3.66. The Kier molecular flexibility index (Phi) is 4.95. The van der Waals surface area contributed by atoms with Gasteiger partial charge in [-0.1, -0.05) is 0 Å². The zero-order valence-electron chi connectivity index (χ0n) is 13.0. The molecule has 0 spiro atoms. The van der Waals surface area contributed by atoms with Crippen LogP contribution in [0.15, 0.2) is 36.1 Å². The Hall–Kier alpha value is -2.89. The average Bonchev–Trinajstić information content (AvgIpc) is 2.51. The van der Waals surface area contributed by atoms with Gasteiger partial charge < -0.3 is 14.2 Å². The second-order valence-electron chi connectivity index (χ2n) is 4.86. The minimum Gasteiger partial charge on any atom is -0.497 e. The smallest absolute Gasteiger partial charge is 0.329 e. The molecule has 0 aromatic heterocycles. The molecule has 120 valence electrons. The van der Waals surface area contributed by atoms with Crippen molar-refractivity contribution in [3.8, 4) is 11.5 Å². The molecule has 0 saturated heterocycles.